The Bertz CT molecular complexity index is 460. The Balaban J connectivity index is 1.75. The predicted molar refractivity (Wildman–Crippen MR) is 69.8 cm³/mol. The molecule has 0 atom stereocenters. The van der Waals surface area contributed by atoms with Crippen LogP contribution in [-0.4, -0.2) is 16.1 Å². The van der Waals surface area contributed by atoms with Crippen molar-refractivity contribution in [3.63, 3.8) is 0 Å². The van der Waals surface area contributed by atoms with Gasteiger partial charge in [-0.2, -0.15) is 0 Å². The molecule has 3 heteroatoms. The van der Waals surface area contributed by atoms with Crippen LogP contribution in [0.4, 0.5) is 0 Å². The van der Waals surface area contributed by atoms with Crippen molar-refractivity contribution < 1.29 is 0 Å². The minimum absolute atomic E-state index is 0.924. The summed E-state index contributed by atoms with van der Waals surface area (Å²) in [4.78, 5) is 4.29. The van der Waals surface area contributed by atoms with Crippen molar-refractivity contribution in [1.29, 1.82) is 0 Å². The van der Waals surface area contributed by atoms with Gasteiger partial charge in [0.1, 0.15) is 0 Å². The highest BCUT2D eigenvalue weighted by Gasteiger charge is 2.00. The summed E-state index contributed by atoms with van der Waals surface area (Å²) in [6.07, 6.45) is 1.91. The van der Waals surface area contributed by atoms with Gasteiger partial charge in [0.15, 0.2) is 0 Å². The molecule has 17 heavy (non-hydrogen) atoms. The average molecular weight is 229 g/mol. The predicted octanol–water partition coefficient (Wildman–Crippen LogP) is 2.29. The summed E-state index contributed by atoms with van der Waals surface area (Å²) < 4.78 is 2.19. The second-order valence-electron chi connectivity index (χ2n) is 4.27. The van der Waals surface area contributed by atoms with Crippen LogP contribution in [0.3, 0.4) is 0 Å². The van der Waals surface area contributed by atoms with Crippen molar-refractivity contribution in [2.75, 3.05) is 6.54 Å². The first-order valence-corrected chi connectivity index (χ1v) is 6.00. The molecule has 0 bridgehead atoms. The van der Waals surface area contributed by atoms with E-state index < -0.39 is 0 Å². The summed E-state index contributed by atoms with van der Waals surface area (Å²) in [5, 5.41) is 3.44. The number of nitrogens with one attached hydrogen (secondary N) is 1. The molecule has 1 aromatic carbocycles. The van der Waals surface area contributed by atoms with Gasteiger partial charge in [-0.1, -0.05) is 30.3 Å². The molecule has 0 aliphatic rings. The number of imidazole rings is 1. The van der Waals surface area contributed by atoms with Crippen LogP contribution < -0.4 is 5.32 Å². The number of aryl methyl sites for hydroxylation is 1. The number of hydrogen-bond donors (Lipinski definition) is 1. The van der Waals surface area contributed by atoms with E-state index in [9.17, 15) is 0 Å². The van der Waals surface area contributed by atoms with Crippen LogP contribution in [0, 0.1) is 13.8 Å². The van der Waals surface area contributed by atoms with Crippen molar-refractivity contribution in [3.05, 3.63) is 53.6 Å². The average Bonchev–Trinajstić information content (AvgIpc) is 2.67. The largest absolute Gasteiger partial charge is 0.333 e. The van der Waals surface area contributed by atoms with Gasteiger partial charge in [0.25, 0.3) is 0 Å². The van der Waals surface area contributed by atoms with Crippen LogP contribution >= 0.6 is 0 Å². The van der Waals surface area contributed by atoms with Gasteiger partial charge in [-0.25, -0.2) is 4.98 Å². The molecule has 1 heterocycles. The third-order valence-corrected chi connectivity index (χ3v) is 3.05. The van der Waals surface area contributed by atoms with Crippen LogP contribution in [-0.2, 0) is 13.1 Å². The minimum atomic E-state index is 0.924. The van der Waals surface area contributed by atoms with E-state index in [0.29, 0.717) is 0 Å². The summed E-state index contributed by atoms with van der Waals surface area (Å²) in [6, 6.07) is 10.5. The number of rotatable bonds is 5. The zero-order chi connectivity index (χ0) is 12.1. The second kappa shape index (κ2) is 5.64. The Hall–Kier alpha value is -1.61. The van der Waals surface area contributed by atoms with Crippen molar-refractivity contribution >= 4 is 0 Å². The van der Waals surface area contributed by atoms with E-state index in [2.05, 4.69) is 46.1 Å². The van der Waals surface area contributed by atoms with E-state index >= 15 is 0 Å². The summed E-state index contributed by atoms with van der Waals surface area (Å²) in [5.41, 5.74) is 3.70. The molecule has 0 spiro atoms. The normalized spacial score (nSPS) is 10.7. The Kier molecular flexibility index (Phi) is 3.94. The smallest absolute Gasteiger partial charge is 0.0951 e. The maximum Gasteiger partial charge on any atom is 0.0951 e. The Labute approximate surface area is 103 Å². The molecule has 1 N–H and O–H groups in total. The monoisotopic (exact) mass is 229 g/mol. The molecule has 3 nitrogen and oxygen atoms in total. The van der Waals surface area contributed by atoms with Gasteiger partial charge in [0.2, 0.25) is 0 Å². The standard InChI is InChI=1S/C14H19N3/c1-12-13(2)17(11-16-12)9-8-15-10-14-6-4-3-5-7-14/h3-7,11,15H,8-10H2,1-2H3. The molecule has 0 fully saturated rings. The van der Waals surface area contributed by atoms with E-state index in [-0.39, 0.29) is 0 Å². The molecule has 2 rings (SSSR count). The molecule has 1 aromatic heterocycles. The van der Waals surface area contributed by atoms with Crippen LogP contribution in [0.5, 0.6) is 0 Å². The third kappa shape index (κ3) is 3.17. The van der Waals surface area contributed by atoms with E-state index in [4.69, 9.17) is 0 Å². The van der Waals surface area contributed by atoms with Gasteiger partial charge in [0, 0.05) is 25.3 Å². The van der Waals surface area contributed by atoms with Crippen molar-refractivity contribution in [2.45, 2.75) is 26.9 Å². The van der Waals surface area contributed by atoms with Gasteiger partial charge in [0.05, 0.1) is 12.0 Å². The number of benzene rings is 1. The topological polar surface area (TPSA) is 29.9 Å². The molecule has 0 saturated heterocycles. The summed E-state index contributed by atoms with van der Waals surface area (Å²) in [7, 11) is 0. The Morgan fingerprint density at radius 1 is 1.18 bits per heavy atom. The van der Waals surface area contributed by atoms with Crippen LogP contribution in [0.1, 0.15) is 17.0 Å². The van der Waals surface area contributed by atoms with Crippen molar-refractivity contribution in [1.82, 2.24) is 14.9 Å². The van der Waals surface area contributed by atoms with Gasteiger partial charge in [-0.3, -0.25) is 0 Å². The summed E-state index contributed by atoms with van der Waals surface area (Å²) in [5.74, 6) is 0. The van der Waals surface area contributed by atoms with Gasteiger partial charge >= 0.3 is 0 Å². The lowest BCUT2D eigenvalue weighted by atomic mass is 10.2. The van der Waals surface area contributed by atoms with Gasteiger partial charge in [-0.05, 0) is 19.4 Å². The van der Waals surface area contributed by atoms with Crippen LogP contribution in [0.2, 0.25) is 0 Å². The van der Waals surface area contributed by atoms with E-state index in [1.165, 1.54) is 11.3 Å². The van der Waals surface area contributed by atoms with Gasteiger partial charge in [-0.15, -0.1) is 0 Å². The quantitative estimate of drug-likeness (QED) is 0.797. The highest BCUT2D eigenvalue weighted by Crippen LogP contribution is 2.03. The zero-order valence-electron chi connectivity index (χ0n) is 10.5. The first-order valence-electron chi connectivity index (χ1n) is 6.00. The maximum absolute atomic E-state index is 4.29. The first kappa shape index (κ1) is 11.9. The summed E-state index contributed by atoms with van der Waals surface area (Å²) >= 11 is 0. The third-order valence-electron chi connectivity index (χ3n) is 3.05. The maximum atomic E-state index is 4.29. The minimum Gasteiger partial charge on any atom is -0.333 e. The number of nitrogens with zero attached hydrogens (tertiary/aromatic N) is 2. The molecular formula is C14H19N3. The number of hydrogen-bond acceptors (Lipinski definition) is 2. The van der Waals surface area contributed by atoms with Gasteiger partial charge < -0.3 is 9.88 Å². The SMILES string of the molecule is Cc1ncn(CCNCc2ccccc2)c1C. The molecule has 0 unspecified atom stereocenters. The summed E-state index contributed by atoms with van der Waals surface area (Å²) in [6.45, 7) is 7.02. The molecule has 90 valence electrons. The zero-order valence-corrected chi connectivity index (χ0v) is 10.5. The lowest BCUT2D eigenvalue weighted by Gasteiger charge is -2.07. The molecule has 0 saturated carbocycles. The van der Waals surface area contributed by atoms with Crippen LogP contribution in [0.25, 0.3) is 0 Å². The molecule has 0 aliphatic heterocycles. The Morgan fingerprint density at radius 2 is 1.94 bits per heavy atom. The Morgan fingerprint density at radius 3 is 2.59 bits per heavy atom. The molecule has 2 aromatic rings. The van der Waals surface area contributed by atoms with Crippen molar-refractivity contribution in [3.8, 4) is 0 Å². The molecule has 0 aliphatic carbocycles. The lowest BCUT2D eigenvalue weighted by Crippen LogP contribution is -2.19. The van der Waals surface area contributed by atoms with E-state index in [1.807, 2.05) is 19.3 Å². The fraction of sp³-hybridized carbons (Fsp3) is 0.357. The van der Waals surface area contributed by atoms with E-state index in [1.54, 1.807) is 0 Å². The first-order chi connectivity index (χ1) is 8.27. The van der Waals surface area contributed by atoms with Crippen LogP contribution in [0.15, 0.2) is 36.7 Å². The fourth-order valence-corrected chi connectivity index (χ4v) is 1.80. The molecule has 0 radical (unpaired) electrons. The molecular weight excluding hydrogens is 210 g/mol. The van der Waals surface area contributed by atoms with Crippen molar-refractivity contribution in [2.24, 2.45) is 0 Å². The highest BCUT2D eigenvalue weighted by atomic mass is 15.1. The fourth-order valence-electron chi connectivity index (χ4n) is 1.80. The second-order valence-corrected chi connectivity index (χ2v) is 4.27. The van der Waals surface area contributed by atoms with E-state index in [0.717, 1.165) is 25.3 Å². The lowest BCUT2D eigenvalue weighted by molar-refractivity contribution is 0.589. The molecule has 0 amide bonds. The number of aromatic nitrogens is 2. The highest BCUT2D eigenvalue weighted by molar-refractivity contribution is 5.14.